The molecule has 1 aromatic rings. The molecule has 0 radical (unpaired) electrons. The zero-order valence-electron chi connectivity index (χ0n) is 23.5. The first-order chi connectivity index (χ1) is 17.9. The molecule has 3 saturated carbocycles. The van der Waals surface area contributed by atoms with E-state index in [4.69, 9.17) is 4.74 Å². The number of rotatable bonds is 7. The van der Waals surface area contributed by atoms with Gasteiger partial charge in [-0.15, -0.1) is 6.58 Å². The molecule has 0 saturated heterocycles. The van der Waals surface area contributed by atoms with Crippen LogP contribution in [0.3, 0.4) is 0 Å². The fourth-order valence-electron chi connectivity index (χ4n) is 9.38. The van der Waals surface area contributed by atoms with Crippen molar-refractivity contribution in [2.75, 3.05) is 0 Å². The first-order valence-electron chi connectivity index (χ1n) is 14.4. The lowest BCUT2D eigenvalue weighted by Gasteiger charge is -2.60. The Morgan fingerprint density at radius 1 is 1.11 bits per heavy atom. The minimum atomic E-state index is -1.50. The van der Waals surface area contributed by atoms with Gasteiger partial charge in [0.1, 0.15) is 5.78 Å². The van der Waals surface area contributed by atoms with Crippen molar-refractivity contribution in [3.63, 3.8) is 0 Å². The Hall–Kier alpha value is -2.24. The number of aryl methyl sites for hydroxylation is 1. The Balaban J connectivity index is 1.39. The first-order valence-corrected chi connectivity index (χ1v) is 14.4. The van der Waals surface area contributed by atoms with Gasteiger partial charge in [-0.25, -0.2) is 4.79 Å². The number of ether oxygens (including phenoxy) is 1. The maximum Gasteiger partial charge on any atom is 0.337 e. The molecule has 0 aliphatic heterocycles. The summed E-state index contributed by atoms with van der Waals surface area (Å²) in [7, 11) is 0. The fourth-order valence-corrected chi connectivity index (χ4v) is 9.38. The summed E-state index contributed by atoms with van der Waals surface area (Å²) in [6.45, 7) is 12.5. The molecule has 1 unspecified atom stereocenters. The van der Waals surface area contributed by atoms with Crippen molar-refractivity contribution < 1.29 is 24.5 Å². The molecule has 0 heterocycles. The van der Waals surface area contributed by atoms with Gasteiger partial charge < -0.3 is 14.9 Å². The van der Waals surface area contributed by atoms with E-state index in [-0.39, 0.29) is 16.2 Å². The summed E-state index contributed by atoms with van der Waals surface area (Å²) in [6.07, 6.45) is 10.5. The van der Waals surface area contributed by atoms with E-state index in [2.05, 4.69) is 26.5 Å². The molecule has 38 heavy (non-hydrogen) atoms. The summed E-state index contributed by atoms with van der Waals surface area (Å²) in [5.74, 6) is -0.732. The largest absolute Gasteiger partial charge is 0.479 e. The smallest absolute Gasteiger partial charge is 0.337 e. The van der Waals surface area contributed by atoms with E-state index in [1.807, 2.05) is 25.1 Å². The molecule has 3 fully saturated rings. The summed E-state index contributed by atoms with van der Waals surface area (Å²) in [5, 5.41) is 21.5. The van der Waals surface area contributed by atoms with Gasteiger partial charge in [-0.1, -0.05) is 61.4 Å². The molecule has 0 aromatic heterocycles. The van der Waals surface area contributed by atoms with Gasteiger partial charge in [0.15, 0.2) is 11.9 Å². The Morgan fingerprint density at radius 2 is 1.79 bits per heavy atom. The molecule has 5 rings (SSSR count). The topological polar surface area (TPSA) is 83.8 Å². The number of aliphatic hydroxyl groups is 1. The number of hydrogen-bond acceptors (Lipinski definition) is 4. The number of carboxylic acids is 1. The van der Waals surface area contributed by atoms with Gasteiger partial charge in [0.2, 0.25) is 0 Å². The molecule has 0 spiro atoms. The number of fused-ring (bicyclic) bond motifs is 5. The second-order valence-electron chi connectivity index (χ2n) is 13.3. The van der Waals surface area contributed by atoms with E-state index in [0.717, 1.165) is 50.5 Å². The highest BCUT2D eigenvalue weighted by molar-refractivity contribution is 5.84. The first kappa shape index (κ1) is 27.3. The molecule has 4 aliphatic rings. The van der Waals surface area contributed by atoms with Crippen molar-refractivity contribution in [3.05, 3.63) is 59.7 Å². The Morgan fingerprint density at radius 3 is 2.42 bits per heavy atom. The Bertz CT molecular complexity index is 1150. The average molecular weight is 521 g/mol. The van der Waals surface area contributed by atoms with Crippen molar-refractivity contribution in [1.82, 2.24) is 0 Å². The van der Waals surface area contributed by atoms with Crippen LogP contribution in [-0.4, -0.2) is 27.8 Å². The van der Waals surface area contributed by atoms with Crippen LogP contribution in [0.2, 0.25) is 0 Å². The predicted molar refractivity (Wildman–Crippen MR) is 147 cm³/mol. The molecular formula is C33H44O5. The van der Waals surface area contributed by atoms with Crippen LogP contribution in [0.25, 0.3) is 0 Å². The molecular weight excluding hydrogens is 476 g/mol. The standard InChI is InChI=1S/C33H44O5/c1-6-15-32(22(3)34)17-14-27-25-12-11-24-20-33(37,19-18-30(24,4)26(25)13-16-31(27,32)5)38-28(29(35)36)23-9-7-21(2)8-10-23/h6-11,25-28,37H,1,12-20H2,2-5H3,(H,35,36)/t25-,26+,27+,28?,30+,31+,32-,33-/m1/s1. The van der Waals surface area contributed by atoms with Gasteiger partial charge in [-0.05, 0) is 92.9 Å². The highest BCUT2D eigenvalue weighted by atomic mass is 16.6. The second kappa shape index (κ2) is 9.45. The number of allylic oxidation sites excluding steroid dienone is 2. The number of aliphatic carboxylic acids is 1. The summed E-state index contributed by atoms with van der Waals surface area (Å²) in [5.41, 5.74) is 2.47. The van der Waals surface area contributed by atoms with Gasteiger partial charge in [-0.3, -0.25) is 4.79 Å². The van der Waals surface area contributed by atoms with Crippen molar-refractivity contribution >= 4 is 11.8 Å². The number of carbonyl (C=O) groups is 2. The van der Waals surface area contributed by atoms with Crippen LogP contribution in [0.1, 0.15) is 95.8 Å². The average Bonchev–Trinajstić information content (AvgIpc) is 3.17. The third-order valence-corrected chi connectivity index (χ3v) is 11.6. The minimum Gasteiger partial charge on any atom is -0.479 e. The summed E-state index contributed by atoms with van der Waals surface area (Å²) in [4.78, 5) is 25.2. The third kappa shape index (κ3) is 4.03. The fraction of sp³-hybridized carbons (Fsp3) is 0.636. The maximum atomic E-state index is 13.1. The molecule has 0 bridgehead atoms. The van der Waals surface area contributed by atoms with Crippen molar-refractivity contribution in [2.24, 2.45) is 34.0 Å². The van der Waals surface area contributed by atoms with E-state index < -0.39 is 17.9 Å². The number of ketones is 1. The van der Waals surface area contributed by atoms with Crippen LogP contribution < -0.4 is 0 Å². The van der Waals surface area contributed by atoms with Crippen LogP contribution in [0.15, 0.2) is 48.6 Å². The van der Waals surface area contributed by atoms with Gasteiger partial charge in [0, 0.05) is 18.3 Å². The molecule has 206 valence electrons. The number of Topliss-reactive ketones (excluding diaryl/α,β-unsaturated/α-hetero) is 1. The zero-order chi connectivity index (χ0) is 27.5. The van der Waals surface area contributed by atoms with E-state index in [9.17, 15) is 19.8 Å². The Kier molecular flexibility index (Phi) is 6.79. The molecule has 0 amide bonds. The summed E-state index contributed by atoms with van der Waals surface area (Å²) in [6, 6.07) is 7.28. The third-order valence-electron chi connectivity index (χ3n) is 11.6. The molecule has 2 N–H and O–H groups in total. The van der Waals surface area contributed by atoms with Crippen LogP contribution in [0, 0.1) is 40.9 Å². The number of carbonyl (C=O) groups excluding carboxylic acids is 1. The SMILES string of the molecule is C=CC[C@]1(C(C)=O)CC[C@H]2[C@@H]3CC=C4C[C@](O)(OC(C(=O)O)c5ccc(C)cc5)CC[C@]4(C)[C@H]3CC[C@@]21C. The van der Waals surface area contributed by atoms with Crippen LogP contribution in [0.5, 0.6) is 0 Å². The van der Waals surface area contributed by atoms with Gasteiger partial charge in [0.05, 0.1) is 0 Å². The zero-order valence-corrected chi connectivity index (χ0v) is 23.5. The van der Waals surface area contributed by atoms with Crippen molar-refractivity contribution in [1.29, 1.82) is 0 Å². The van der Waals surface area contributed by atoms with Crippen LogP contribution in [0.4, 0.5) is 0 Å². The van der Waals surface area contributed by atoms with Gasteiger partial charge >= 0.3 is 5.97 Å². The minimum absolute atomic E-state index is 0.00282. The van der Waals surface area contributed by atoms with E-state index >= 15 is 0 Å². The molecule has 5 heteroatoms. The second-order valence-corrected chi connectivity index (χ2v) is 13.3. The van der Waals surface area contributed by atoms with Gasteiger partial charge in [-0.2, -0.15) is 0 Å². The van der Waals surface area contributed by atoms with Crippen LogP contribution >= 0.6 is 0 Å². The maximum absolute atomic E-state index is 13.1. The Labute approximate surface area is 227 Å². The van der Waals surface area contributed by atoms with E-state index in [1.165, 1.54) is 5.57 Å². The van der Waals surface area contributed by atoms with Crippen LogP contribution in [-0.2, 0) is 14.3 Å². The molecule has 5 nitrogen and oxygen atoms in total. The lowest BCUT2D eigenvalue weighted by atomic mass is 9.45. The van der Waals surface area contributed by atoms with Crippen molar-refractivity contribution in [2.45, 2.75) is 97.4 Å². The molecule has 4 aliphatic carbocycles. The summed E-state index contributed by atoms with van der Waals surface area (Å²) < 4.78 is 6.03. The van der Waals surface area contributed by atoms with E-state index in [1.54, 1.807) is 19.1 Å². The highest BCUT2D eigenvalue weighted by Gasteiger charge is 2.65. The number of carboxylic acid groups (broad SMARTS) is 1. The van der Waals surface area contributed by atoms with E-state index in [0.29, 0.717) is 41.9 Å². The monoisotopic (exact) mass is 520 g/mol. The van der Waals surface area contributed by atoms with Crippen molar-refractivity contribution in [3.8, 4) is 0 Å². The highest BCUT2D eigenvalue weighted by Crippen LogP contribution is 2.71. The van der Waals surface area contributed by atoms with Gasteiger partial charge in [0.25, 0.3) is 0 Å². The normalized spacial score (nSPS) is 40.8. The summed E-state index contributed by atoms with van der Waals surface area (Å²) >= 11 is 0. The lowest BCUT2D eigenvalue weighted by molar-refractivity contribution is -0.252. The molecule has 1 aromatic carbocycles. The lowest BCUT2D eigenvalue weighted by Crippen LogP contribution is -2.55. The number of hydrogen-bond donors (Lipinski definition) is 2. The number of benzene rings is 1. The predicted octanol–water partition coefficient (Wildman–Crippen LogP) is 6.94. The molecule has 8 atom stereocenters. The quantitative estimate of drug-likeness (QED) is 0.300.